The molecule has 1 heterocycles. The van der Waals surface area contributed by atoms with Gasteiger partial charge in [-0.2, -0.15) is 0 Å². The fourth-order valence-corrected chi connectivity index (χ4v) is 2.74. The van der Waals surface area contributed by atoms with E-state index in [9.17, 15) is 4.39 Å². The van der Waals surface area contributed by atoms with Crippen LogP contribution in [0.1, 0.15) is 24.8 Å². The van der Waals surface area contributed by atoms with Gasteiger partial charge in [0.25, 0.3) is 0 Å². The van der Waals surface area contributed by atoms with Crippen LogP contribution in [0.4, 0.5) is 4.39 Å². The molecule has 1 aliphatic carbocycles. The average molecular weight is 288 g/mol. The lowest BCUT2D eigenvalue weighted by Gasteiger charge is -2.26. The minimum Gasteiger partial charge on any atom is -0.370 e. The number of aryl methyl sites for hydroxylation is 1. The Labute approximate surface area is 123 Å². The van der Waals surface area contributed by atoms with E-state index in [0.717, 1.165) is 17.3 Å². The quantitative estimate of drug-likeness (QED) is 0.670. The van der Waals surface area contributed by atoms with Crippen molar-refractivity contribution in [2.45, 2.75) is 31.7 Å². The Balaban J connectivity index is 1.66. The molecular formula is C16H21FN4. The zero-order valence-corrected chi connectivity index (χ0v) is 12.3. The molecule has 1 aromatic carbocycles. The first-order valence-electron chi connectivity index (χ1n) is 7.43. The molecule has 4 nitrogen and oxygen atoms in total. The molecule has 1 fully saturated rings. The second-order valence-electron chi connectivity index (χ2n) is 5.72. The minimum atomic E-state index is -0.206. The topological polar surface area (TPSA) is 55.3 Å². The SMILES string of the molecule is Cn1cc(CCN=C(N)NC2CCC2)c2ccc(F)cc21. The maximum Gasteiger partial charge on any atom is 0.188 e. The maximum atomic E-state index is 13.3. The summed E-state index contributed by atoms with van der Waals surface area (Å²) in [7, 11) is 1.93. The summed E-state index contributed by atoms with van der Waals surface area (Å²) < 4.78 is 15.2. The van der Waals surface area contributed by atoms with Crippen molar-refractivity contribution in [3.05, 3.63) is 35.8 Å². The van der Waals surface area contributed by atoms with Crippen molar-refractivity contribution in [3.8, 4) is 0 Å². The third-order valence-electron chi connectivity index (χ3n) is 4.16. The molecule has 0 bridgehead atoms. The van der Waals surface area contributed by atoms with Crippen LogP contribution >= 0.6 is 0 Å². The predicted molar refractivity (Wildman–Crippen MR) is 83.8 cm³/mol. The van der Waals surface area contributed by atoms with Gasteiger partial charge in [-0.25, -0.2) is 4.39 Å². The van der Waals surface area contributed by atoms with Crippen molar-refractivity contribution in [3.63, 3.8) is 0 Å². The Morgan fingerprint density at radius 1 is 1.48 bits per heavy atom. The van der Waals surface area contributed by atoms with Gasteiger partial charge in [-0.15, -0.1) is 0 Å². The van der Waals surface area contributed by atoms with Crippen molar-refractivity contribution in [1.82, 2.24) is 9.88 Å². The minimum absolute atomic E-state index is 0.206. The molecule has 0 atom stereocenters. The van der Waals surface area contributed by atoms with Gasteiger partial charge in [0.1, 0.15) is 5.82 Å². The number of hydrogen-bond acceptors (Lipinski definition) is 1. The van der Waals surface area contributed by atoms with Gasteiger partial charge in [0.2, 0.25) is 0 Å². The van der Waals surface area contributed by atoms with Crippen LogP contribution in [-0.4, -0.2) is 23.1 Å². The summed E-state index contributed by atoms with van der Waals surface area (Å²) >= 11 is 0. The number of nitrogens with one attached hydrogen (secondary N) is 1. The van der Waals surface area contributed by atoms with E-state index in [-0.39, 0.29) is 5.82 Å². The standard InChI is InChI=1S/C16H21FN4/c1-21-10-11(14-6-5-12(17)9-15(14)21)7-8-19-16(18)20-13-3-2-4-13/h5-6,9-10,13H,2-4,7-8H2,1H3,(H3,18,19,20). The molecule has 21 heavy (non-hydrogen) atoms. The highest BCUT2D eigenvalue weighted by Gasteiger charge is 2.17. The highest BCUT2D eigenvalue weighted by Crippen LogP contribution is 2.22. The summed E-state index contributed by atoms with van der Waals surface area (Å²) in [5.74, 6) is 0.327. The molecule has 5 heteroatoms. The molecule has 3 rings (SSSR count). The Hall–Kier alpha value is -2.04. The molecule has 1 saturated carbocycles. The van der Waals surface area contributed by atoms with E-state index in [1.165, 1.54) is 30.9 Å². The number of benzene rings is 1. The zero-order valence-electron chi connectivity index (χ0n) is 12.3. The van der Waals surface area contributed by atoms with E-state index in [0.29, 0.717) is 18.5 Å². The van der Waals surface area contributed by atoms with Crippen LogP contribution in [0.5, 0.6) is 0 Å². The van der Waals surface area contributed by atoms with Gasteiger partial charge >= 0.3 is 0 Å². The number of nitrogens with zero attached hydrogens (tertiary/aromatic N) is 2. The number of aromatic nitrogens is 1. The Kier molecular flexibility index (Phi) is 3.82. The molecule has 1 aromatic heterocycles. The first-order chi connectivity index (χ1) is 10.1. The summed E-state index contributed by atoms with van der Waals surface area (Å²) in [5.41, 5.74) is 7.96. The van der Waals surface area contributed by atoms with Crippen molar-refractivity contribution in [2.24, 2.45) is 17.8 Å². The van der Waals surface area contributed by atoms with E-state index in [1.54, 1.807) is 6.07 Å². The summed E-state index contributed by atoms with van der Waals surface area (Å²) in [6, 6.07) is 5.41. The van der Waals surface area contributed by atoms with Crippen LogP contribution in [0, 0.1) is 5.82 Å². The van der Waals surface area contributed by atoms with Gasteiger partial charge in [-0.05, 0) is 49.4 Å². The number of fused-ring (bicyclic) bond motifs is 1. The Bertz CT molecular complexity index is 670. The van der Waals surface area contributed by atoms with E-state index >= 15 is 0 Å². The van der Waals surface area contributed by atoms with Crippen molar-refractivity contribution in [1.29, 1.82) is 0 Å². The molecule has 1 aliphatic rings. The molecule has 0 unspecified atom stereocenters. The summed E-state index contributed by atoms with van der Waals surface area (Å²) in [5, 5.41) is 4.31. The smallest absolute Gasteiger partial charge is 0.188 e. The lowest BCUT2D eigenvalue weighted by Crippen LogP contribution is -2.43. The Morgan fingerprint density at radius 2 is 2.29 bits per heavy atom. The molecule has 0 amide bonds. The van der Waals surface area contributed by atoms with Crippen LogP contribution < -0.4 is 11.1 Å². The third-order valence-corrected chi connectivity index (χ3v) is 4.16. The number of aliphatic imine (C=N–C) groups is 1. The number of halogens is 1. The van der Waals surface area contributed by atoms with Crippen LogP contribution in [0.3, 0.4) is 0 Å². The fraction of sp³-hybridized carbons (Fsp3) is 0.438. The van der Waals surface area contributed by atoms with Gasteiger partial charge < -0.3 is 15.6 Å². The van der Waals surface area contributed by atoms with Gasteiger partial charge in [0.15, 0.2) is 5.96 Å². The highest BCUT2D eigenvalue weighted by atomic mass is 19.1. The second-order valence-corrected chi connectivity index (χ2v) is 5.72. The van der Waals surface area contributed by atoms with E-state index in [2.05, 4.69) is 10.3 Å². The lowest BCUT2D eigenvalue weighted by molar-refractivity contribution is 0.382. The molecule has 0 saturated heterocycles. The third kappa shape index (κ3) is 3.01. The predicted octanol–water partition coefficient (Wildman–Crippen LogP) is 2.32. The molecule has 2 aromatic rings. The normalized spacial score (nSPS) is 16.2. The molecule has 0 aliphatic heterocycles. The molecule has 112 valence electrons. The summed E-state index contributed by atoms with van der Waals surface area (Å²) in [4.78, 5) is 4.37. The van der Waals surface area contributed by atoms with Gasteiger partial charge in [-0.1, -0.05) is 0 Å². The monoisotopic (exact) mass is 288 g/mol. The lowest BCUT2D eigenvalue weighted by atomic mass is 9.93. The number of rotatable bonds is 4. The first kappa shape index (κ1) is 13.9. The first-order valence-corrected chi connectivity index (χ1v) is 7.43. The average Bonchev–Trinajstić information content (AvgIpc) is 2.71. The van der Waals surface area contributed by atoms with Gasteiger partial charge in [0.05, 0.1) is 5.52 Å². The van der Waals surface area contributed by atoms with Crippen LogP contribution in [0.2, 0.25) is 0 Å². The Morgan fingerprint density at radius 3 is 3.00 bits per heavy atom. The van der Waals surface area contributed by atoms with Crippen LogP contribution in [-0.2, 0) is 13.5 Å². The molecule has 0 spiro atoms. The highest BCUT2D eigenvalue weighted by molar-refractivity contribution is 5.84. The van der Waals surface area contributed by atoms with Crippen LogP contribution in [0.25, 0.3) is 10.9 Å². The largest absolute Gasteiger partial charge is 0.370 e. The van der Waals surface area contributed by atoms with E-state index < -0.39 is 0 Å². The number of hydrogen-bond donors (Lipinski definition) is 2. The summed E-state index contributed by atoms with van der Waals surface area (Å²) in [6.45, 7) is 0.641. The molecule has 0 radical (unpaired) electrons. The van der Waals surface area contributed by atoms with E-state index in [1.807, 2.05) is 23.9 Å². The van der Waals surface area contributed by atoms with Crippen LogP contribution in [0.15, 0.2) is 29.4 Å². The van der Waals surface area contributed by atoms with Crippen molar-refractivity contribution in [2.75, 3.05) is 6.54 Å². The van der Waals surface area contributed by atoms with Crippen molar-refractivity contribution >= 4 is 16.9 Å². The van der Waals surface area contributed by atoms with Gasteiger partial charge in [0, 0.05) is 31.2 Å². The molecular weight excluding hydrogens is 267 g/mol. The van der Waals surface area contributed by atoms with Crippen molar-refractivity contribution < 1.29 is 4.39 Å². The van der Waals surface area contributed by atoms with E-state index in [4.69, 9.17) is 5.73 Å². The molecule has 3 N–H and O–H groups in total. The second kappa shape index (κ2) is 5.76. The summed E-state index contributed by atoms with van der Waals surface area (Å²) in [6.07, 6.45) is 6.49. The zero-order chi connectivity index (χ0) is 14.8. The van der Waals surface area contributed by atoms with Gasteiger partial charge in [-0.3, -0.25) is 4.99 Å². The number of guanidine groups is 1. The fourth-order valence-electron chi connectivity index (χ4n) is 2.74. The number of nitrogens with two attached hydrogens (primary N) is 1. The maximum absolute atomic E-state index is 13.3.